The average Bonchev–Trinajstić information content (AvgIpc) is 2.93. The molecule has 1 aliphatic heterocycles. The molecule has 0 bridgehead atoms. The van der Waals surface area contributed by atoms with Gasteiger partial charge in [0.1, 0.15) is 0 Å². The molecule has 1 unspecified atom stereocenters. The molecule has 7 heteroatoms. The van der Waals surface area contributed by atoms with Gasteiger partial charge in [-0.25, -0.2) is 13.2 Å². The first-order valence-corrected chi connectivity index (χ1v) is 10.9. The van der Waals surface area contributed by atoms with Crippen LogP contribution in [-0.2, 0) is 25.8 Å². The first-order chi connectivity index (χ1) is 13.3. The van der Waals surface area contributed by atoms with E-state index in [0.29, 0.717) is 18.4 Å². The maximum Gasteiger partial charge on any atom is 0.338 e. The third-order valence-corrected chi connectivity index (χ3v) is 6.66. The Hall–Kier alpha value is -2.67. The molecular formula is C21H23NO5S. The van der Waals surface area contributed by atoms with E-state index in [9.17, 15) is 18.0 Å². The first kappa shape index (κ1) is 20.1. The summed E-state index contributed by atoms with van der Waals surface area (Å²) in [6, 6.07) is 16.9. The molecule has 0 aliphatic carbocycles. The average molecular weight is 401 g/mol. The molecule has 1 atom stereocenters. The minimum absolute atomic E-state index is 0.0520. The fourth-order valence-corrected chi connectivity index (χ4v) is 5.47. The van der Waals surface area contributed by atoms with Gasteiger partial charge in [-0.05, 0) is 37.0 Å². The Bertz CT molecular complexity index is 971. The zero-order valence-corrected chi connectivity index (χ0v) is 16.5. The summed E-state index contributed by atoms with van der Waals surface area (Å²) in [6.07, 6.45) is 0.934. The van der Waals surface area contributed by atoms with Crippen LogP contribution in [0.3, 0.4) is 0 Å². The molecule has 1 saturated heterocycles. The maximum atomic E-state index is 12.5. The van der Waals surface area contributed by atoms with E-state index in [1.807, 2.05) is 42.5 Å². The lowest BCUT2D eigenvalue weighted by Crippen LogP contribution is -2.48. The Morgan fingerprint density at radius 3 is 2.43 bits per heavy atom. The van der Waals surface area contributed by atoms with Crippen molar-refractivity contribution in [2.24, 2.45) is 0 Å². The molecule has 0 aromatic heterocycles. The van der Waals surface area contributed by atoms with Gasteiger partial charge in [-0.3, -0.25) is 4.79 Å². The fraction of sp³-hybridized carbons (Fsp3) is 0.333. The molecule has 2 aromatic rings. The van der Waals surface area contributed by atoms with E-state index in [4.69, 9.17) is 4.74 Å². The van der Waals surface area contributed by atoms with E-state index in [2.05, 4.69) is 5.32 Å². The SMILES string of the molecule is CC1(NC(=O)COC(=O)c2ccccc2Cc2ccccc2)CCS(=O)(=O)C1. The molecule has 1 aliphatic rings. The van der Waals surface area contributed by atoms with Gasteiger partial charge < -0.3 is 10.1 Å². The van der Waals surface area contributed by atoms with Crippen LogP contribution in [0.25, 0.3) is 0 Å². The zero-order chi connectivity index (χ0) is 20.2. The lowest BCUT2D eigenvalue weighted by atomic mass is 10.00. The van der Waals surface area contributed by atoms with Crippen molar-refractivity contribution in [3.63, 3.8) is 0 Å². The molecule has 2 aromatic carbocycles. The summed E-state index contributed by atoms with van der Waals surface area (Å²) in [6.45, 7) is 1.24. The van der Waals surface area contributed by atoms with Crippen LogP contribution in [0.5, 0.6) is 0 Å². The van der Waals surface area contributed by atoms with Gasteiger partial charge in [0.25, 0.3) is 5.91 Å². The number of nitrogens with one attached hydrogen (secondary N) is 1. The summed E-state index contributed by atoms with van der Waals surface area (Å²) in [5.41, 5.74) is 1.48. The number of carbonyl (C=O) groups is 2. The van der Waals surface area contributed by atoms with Gasteiger partial charge >= 0.3 is 5.97 Å². The second-order valence-corrected chi connectivity index (χ2v) is 9.53. The lowest BCUT2D eigenvalue weighted by Gasteiger charge is -2.23. The molecule has 1 fully saturated rings. The molecule has 1 N–H and O–H groups in total. The van der Waals surface area contributed by atoms with Crippen LogP contribution in [0, 0.1) is 0 Å². The number of carbonyl (C=O) groups excluding carboxylic acids is 2. The predicted octanol–water partition coefficient (Wildman–Crippen LogP) is 2.13. The summed E-state index contributed by atoms with van der Waals surface area (Å²) in [4.78, 5) is 24.6. The van der Waals surface area contributed by atoms with Gasteiger partial charge in [0.15, 0.2) is 16.4 Å². The van der Waals surface area contributed by atoms with Gasteiger partial charge in [0.2, 0.25) is 0 Å². The number of hydrogen-bond acceptors (Lipinski definition) is 5. The van der Waals surface area contributed by atoms with Crippen LogP contribution in [0.1, 0.15) is 34.8 Å². The summed E-state index contributed by atoms with van der Waals surface area (Å²) in [5.74, 6) is -1.13. The van der Waals surface area contributed by atoms with Gasteiger partial charge in [-0.15, -0.1) is 0 Å². The minimum Gasteiger partial charge on any atom is -0.452 e. The highest BCUT2D eigenvalue weighted by molar-refractivity contribution is 7.91. The third-order valence-electron chi connectivity index (χ3n) is 4.75. The predicted molar refractivity (Wildman–Crippen MR) is 106 cm³/mol. The standard InChI is InChI=1S/C21H23NO5S/c1-21(11-12-28(25,26)15-21)22-19(23)14-27-20(24)18-10-6-5-9-17(18)13-16-7-3-2-4-8-16/h2-10H,11-15H2,1H3,(H,22,23). The molecule has 6 nitrogen and oxygen atoms in total. The smallest absolute Gasteiger partial charge is 0.338 e. The Morgan fingerprint density at radius 2 is 1.75 bits per heavy atom. The van der Waals surface area contributed by atoms with Crippen molar-refractivity contribution in [2.45, 2.75) is 25.3 Å². The van der Waals surface area contributed by atoms with E-state index in [0.717, 1.165) is 11.1 Å². The van der Waals surface area contributed by atoms with Crippen LogP contribution in [0.4, 0.5) is 0 Å². The van der Waals surface area contributed by atoms with E-state index in [-0.39, 0.29) is 11.5 Å². The summed E-state index contributed by atoms with van der Waals surface area (Å²) in [5, 5.41) is 2.68. The molecule has 1 amide bonds. The Balaban J connectivity index is 1.60. The van der Waals surface area contributed by atoms with E-state index < -0.39 is 33.9 Å². The second kappa shape index (κ2) is 8.14. The van der Waals surface area contributed by atoms with Crippen LogP contribution in [0.2, 0.25) is 0 Å². The molecule has 28 heavy (non-hydrogen) atoms. The van der Waals surface area contributed by atoms with Gasteiger partial charge in [-0.1, -0.05) is 48.5 Å². The van der Waals surface area contributed by atoms with Crippen molar-refractivity contribution in [3.05, 3.63) is 71.3 Å². The highest BCUT2D eigenvalue weighted by Crippen LogP contribution is 2.22. The van der Waals surface area contributed by atoms with Crippen molar-refractivity contribution in [1.29, 1.82) is 0 Å². The molecule has 0 radical (unpaired) electrons. The van der Waals surface area contributed by atoms with Crippen molar-refractivity contribution in [3.8, 4) is 0 Å². The first-order valence-electron chi connectivity index (χ1n) is 9.07. The number of ether oxygens (including phenoxy) is 1. The number of amides is 1. The summed E-state index contributed by atoms with van der Waals surface area (Å²) in [7, 11) is -3.13. The molecule has 3 rings (SSSR count). The minimum atomic E-state index is -3.13. The van der Waals surface area contributed by atoms with Crippen molar-refractivity contribution in [2.75, 3.05) is 18.1 Å². The normalized spacial score (nSPS) is 20.5. The molecule has 148 valence electrons. The second-order valence-electron chi connectivity index (χ2n) is 7.35. The monoisotopic (exact) mass is 401 g/mol. The summed E-state index contributed by atoms with van der Waals surface area (Å²) >= 11 is 0. The highest BCUT2D eigenvalue weighted by Gasteiger charge is 2.39. The van der Waals surface area contributed by atoms with E-state index in [1.54, 1.807) is 19.1 Å². The highest BCUT2D eigenvalue weighted by atomic mass is 32.2. The Kier molecular flexibility index (Phi) is 5.84. The van der Waals surface area contributed by atoms with Crippen LogP contribution in [0.15, 0.2) is 54.6 Å². The third kappa shape index (κ3) is 5.19. The lowest BCUT2D eigenvalue weighted by molar-refractivity contribution is -0.125. The number of benzene rings is 2. The van der Waals surface area contributed by atoms with E-state index >= 15 is 0 Å². The van der Waals surface area contributed by atoms with Crippen molar-refractivity contribution < 1.29 is 22.7 Å². The van der Waals surface area contributed by atoms with Crippen LogP contribution < -0.4 is 5.32 Å². The topological polar surface area (TPSA) is 89.5 Å². The van der Waals surface area contributed by atoms with Crippen molar-refractivity contribution in [1.82, 2.24) is 5.32 Å². The number of sulfone groups is 1. The quantitative estimate of drug-likeness (QED) is 0.749. The molecule has 0 spiro atoms. The molecular weight excluding hydrogens is 378 g/mol. The van der Waals surface area contributed by atoms with E-state index in [1.165, 1.54) is 0 Å². The van der Waals surface area contributed by atoms with Gasteiger partial charge in [-0.2, -0.15) is 0 Å². The van der Waals surface area contributed by atoms with Crippen LogP contribution in [-0.4, -0.2) is 43.9 Å². The number of rotatable bonds is 6. The number of hydrogen-bond donors (Lipinski definition) is 1. The van der Waals surface area contributed by atoms with Gasteiger partial charge in [0, 0.05) is 0 Å². The maximum absolute atomic E-state index is 12.5. The van der Waals surface area contributed by atoms with Gasteiger partial charge in [0.05, 0.1) is 22.6 Å². The largest absolute Gasteiger partial charge is 0.452 e. The van der Waals surface area contributed by atoms with Crippen LogP contribution >= 0.6 is 0 Å². The number of esters is 1. The summed E-state index contributed by atoms with van der Waals surface area (Å²) < 4.78 is 28.4. The molecule has 0 saturated carbocycles. The Morgan fingerprint density at radius 1 is 1.07 bits per heavy atom. The Labute approximate surface area is 164 Å². The molecule has 1 heterocycles. The zero-order valence-electron chi connectivity index (χ0n) is 15.7. The van der Waals surface area contributed by atoms with Crippen molar-refractivity contribution >= 4 is 21.7 Å². The fourth-order valence-electron chi connectivity index (χ4n) is 3.38.